The molecule has 1 saturated heterocycles. The van der Waals surface area contributed by atoms with E-state index in [1.165, 1.54) is 6.07 Å². The van der Waals surface area contributed by atoms with Crippen molar-refractivity contribution in [3.05, 3.63) is 34.6 Å². The molecule has 1 aliphatic rings. The van der Waals surface area contributed by atoms with Crippen LogP contribution >= 0.6 is 24.0 Å². The second kappa shape index (κ2) is 10.1. The number of methoxy groups -OCH3 is 1. The predicted molar refractivity (Wildman–Crippen MR) is 88.7 cm³/mol. The van der Waals surface area contributed by atoms with Gasteiger partial charge in [-0.1, -0.05) is 17.7 Å². The van der Waals surface area contributed by atoms with Crippen molar-refractivity contribution >= 4 is 29.9 Å². The number of morpholine rings is 1. The van der Waals surface area contributed by atoms with Gasteiger partial charge in [0, 0.05) is 20.2 Å². The number of halogens is 3. The van der Waals surface area contributed by atoms with E-state index in [2.05, 4.69) is 5.32 Å². The number of hydrogen-bond donors (Lipinski definition) is 1. The smallest absolute Gasteiger partial charge is 0.236 e. The molecule has 0 aromatic heterocycles. The zero-order valence-corrected chi connectivity index (χ0v) is 14.5. The van der Waals surface area contributed by atoms with Crippen LogP contribution in [0.25, 0.3) is 0 Å². The molecule has 0 aliphatic carbocycles. The van der Waals surface area contributed by atoms with Crippen molar-refractivity contribution in [3.63, 3.8) is 0 Å². The summed E-state index contributed by atoms with van der Waals surface area (Å²) in [7, 11) is 1.61. The van der Waals surface area contributed by atoms with Crippen LogP contribution in [-0.2, 0) is 14.3 Å². The van der Waals surface area contributed by atoms with Gasteiger partial charge in [-0.15, -0.1) is 12.4 Å². The van der Waals surface area contributed by atoms with E-state index in [4.69, 9.17) is 21.1 Å². The summed E-state index contributed by atoms with van der Waals surface area (Å²) in [6.07, 6.45) is -0.283. The molecule has 1 aliphatic heterocycles. The van der Waals surface area contributed by atoms with Crippen molar-refractivity contribution in [3.8, 4) is 0 Å². The minimum Gasteiger partial charge on any atom is -0.383 e. The second-order valence-electron chi connectivity index (χ2n) is 5.04. The lowest BCUT2D eigenvalue weighted by molar-refractivity contribution is -0.138. The number of amides is 1. The first-order valence-corrected chi connectivity index (χ1v) is 7.53. The van der Waals surface area contributed by atoms with Crippen molar-refractivity contribution in [1.29, 1.82) is 0 Å². The van der Waals surface area contributed by atoms with Crippen molar-refractivity contribution in [2.75, 3.05) is 46.5 Å². The van der Waals surface area contributed by atoms with E-state index in [0.717, 1.165) is 5.56 Å². The Kier molecular flexibility index (Phi) is 8.79. The fourth-order valence-corrected chi connectivity index (χ4v) is 2.46. The largest absolute Gasteiger partial charge is 0.383 e. The van der Waals surface area contributed by atoms with E-state index in [1.54, 1.807) is 24.1 Å². The van der Waals surface area contributed by atoms with Crippen LogP contribution < -0.4 is 5.32 Å². The molecule has 1 atom stereocenters. The van der Waals surface area contributed by atoms with E-state index in [9.17, 15) is 9.18 Å². The summed E-state index contributed by atoms with van der Waals surface area (Å²) in [5.74, 6) is -0.450. The predicted octanol–water partition coefficient (Wildman–Crippen LogP) is 2.04. The Morgan fingerprint density at radius 2 is 2.35 bits per heavy atom. The third kappa shape index (κ3) is 5.90. The molecule has 0 bridgehead atoms. The normalized spacial score (nSPS) is 17.7. The lowest BCUT2D eigenvalue weighted by Crippen LogP contribution is -2.46. The van der Waals surface area contributed by atoms with Gasteiger partial charge in [0.05, 0.1) is 31.3 Å². The van der Waals surface area contributed by atoms with E-state index in [-0.39, 0.29) is 36.0 Å². The summed E-state index contributed by atoms with van der Waals surface area (Å²) < 4.78 is 23.8. The quantitative estimate of drug-likeness (QED) is 0.782. The number of carbonyl (C=O) groups excluding carboxylic acids is 1. The maximum absolute atomic E-state index is 13.2. The molecule has 1 aromatic rings. The maximum Gasteiger partial charge on any atom is 0.236 e. The molecular formula is C15H21Cl2FN2O3. The average molecular weight is 367 g/mol. The Balaban J connectivity index is 0.00000264. The third-order valence-corrected chi connectivity index (χ3v) is 3.78. The highest BCUT2D eigenvalue weighted by Gasteiger charge is 2.25. The molecular weight excluding hydrogens is 346 g/mol. The fraction of sp³-hybridized carbons (Fsp3) is 0.533. The summed E-state index contributed by atoms with van der Waals surface area (Å²) in [6.45, 7) is 2.89. The molecule has 23 heavy (non-hydrogen) atoms. The summed E-state index contributed by atoms with van der Waals surface area (Å²) in [4.78, 5) is 13.9. The first-order valence-electron chi connectivity index (χ1n) is 7.16. The monoisotopic (exact) mass is 366 g/mol. The van der Waals surface area contributed by atoms with Crippen LogP contribution in [0.5, 0.6) is 0 Å². The molecule has 1 unspecified atom stereocenters. The average Bonchev–Trinajstić information content (AvgIpc) is 2.54. The van der Waals surface area contributed by atoms with Crippen LogP contribution in [0.3, 0.4) is 0 Å². The van der Waals surface area contributed by atoms with Gasteiger partial charge in [0.25, 0.3) is 0 Å². The van der Waals surface area contributed by atoms with Crippen molar-refractivity contribution in [1.82, 2.24) is 10.2 Å². The third-order valence-electron chi connectivity index (χ3n) is 3.49. The van der Waals surface area contributed by atoms with Gasteiger partial charge in [-0.3, -0.25) is 4.79 Å². The Morgan fingerprint density at radius 1 is 1.57 bits per heavy atom. The highest BCUT2D eigenvalue weighted by Crippen LogP contribution is 2.26. The number of nitrogens with one attached hydrogen (secondary N) is 1. The first-order chi connectivity index (χ1) is 10.6. The molecule has 5 nitrogen and oxygen atoms in total. The van der Waals surface area contributed by atoms with Gasteiger partial charge in [0.1, 0.15) is 11.9 Å². The minimum absolute atomic E-state index is 0. The van der Waals surface area contributed by atoms with Crippen molar-refractivity contribution < 1.29 is 18.7 Å². The molecule has 130 valence electrons. The molecule has 0 saturated carbocycles. The highest BCUT2D eigenvalue weighted by atomic mass is 35.5. The van der Waals surface area contributed by atoms with Crippen LogP contribution in [0.15, 0.2) is 18.2 Å². The van der Waals surface area contributed by atoms with Crippen LogP contribution in [0.1, 0.15) is 11.7 Å². The van der Waals surface area contributed by atoms with Crippen LogP contribution in [0, 0.1) is 5.82 Å². The van der Waals surface area contributed by atoms with Gasteiger partial charge in [-0.05, 0) is 17.7 Å². The fourth-order valence-electron chi connectivity index (χ4n) is 2.27. The molecule has 1 aromatic carbocycles. The van der Waals surface area contributed by atoms with Gasteiger partial charge in [0.15, 0.2) is 0 Å². The molecule has 8 heteroatoms. The Bertz CT molecular complexity index is 519. The molecule has 1 heterocycles. The summed E-state index contributed by atoms with van der Waals surface area (Å²) >= 11 is 5.80. The topological polar surface area (TPSA) is 50.8 Å². The van der Waals surface area contributed by atoms with Crippen LogP contribution in [0.4, 0.5) is 4.39 Å². The molecule has 1 N–H and O–H groups in total. The summed E-state index contributed by atoms with van der Waals surface area (Å²) in [5, 5.41) is 3.09. The van der Waals surface area contributed by atoms with E-state index in [0.29, 0.717) is 32.8 Å². The van der Waals surface area contributed by atoms with Crippen LogP contribution in [-0.4, -0.2) is 57.3 Å². The van der Waals surface area contributed by atoms with Gasteiger partial charge in [-0.25, -0.2) is 4.39 Å². The Labute approximate surface area is 146 Å². The SMILES string of the molecule is COCCNCC(=O)N1CCOC(c2ccc(F)c(Cl)c2)C1.Cl. The van der Waals surface area contributed by atoms with Gasteiger partial charge >= 0.3 is 0 Å². The maximum atomic E-state index is 13.2. The highest BCUT2D eigenvalue weighted by molar-refractivity contribution is 6.30. The first kappa shape index (κ1) is 20.1. The van der Waals surface area contributed by atoms with Crippen molar-refractivity contribution in [2.45, 2.75) is 6.10 Å². The molecule has 0 radical (unpaired) electrons. The van der Waals surface area contributed by atoms with Gasteiger partial charge in [-0.2, -0.15) is 0 Å². The van der Waals surface area contributed by atoms with Crippen molar-refractivity contribution in [2.24, 2.45) is 0 Å². The number of nitrogens with zero attached hydrogens (tertiary/aromatic N) is 1. The van der Waals surface area contributed by atoms with E-state index in [1.807, 2.05) is 0 Å². The van der Waals surface area contributed by atoms with Gasteiger partial charge in [0.2, 0.25) is 5.91 Å². The standard InChI is InChI=1S/C15H20ClFN2O3.ClH/c1-21-6-4-18-9-15(20)19-5-7-22-14(10-19)11-2-3-13(17)12(16)8-11;/h2-3,8,14,18H,4-7,9-10H2,1H3;1H. The number of ether oxygens (including phenoxy) is 2. The van der Waals surface area contributed by atoms with Gasteiger partial charge < -0.3 is 19.7 Å². The Morgan fingerprint density at radius 3 is 3.04 bits per heavy atom. The zero-order valence-electron chi connectivity index (χ0n) is 12.9. The molecule has 1 amide bonds. The van der Waals surface area contributed by atoms with E-state index < -0.39 is 5.82 Å². The van der Waals surface area contributed by atoms with Crippen LogP contribution in [0.2, 0.25) is 5.02 Å². The summed E-state index contributed by atoms with van der Waals surface area (Å²) in [6, 6.07) is 4.50. The molecule has 2 rings (SSSR count). The second-order valence-corrected chi connectivity index (χ2v) is 5.45. The minimum atomic E-state index is -0.462. The number of hydrogen-bond acceptors (Lipinski definition) is 4. The van der Waals surface area contributed by atoms with E-state index >= 15 is 0 Å². The Hall–Kier alpha value is -0.920. The molecule has 0 spiro atoms. The molecule has 1 fully saturated rings. The number of carbonyl (C=O) groups is 1. The number of rotatable bonds is 6. The lowest BCUT2D eigenvalue weighted by Gasteiger charge is -2.33. The lowest BCUT2D eigenvalue weighted by atomic mass is 10.1. The summed E-state index contributed by atoms with van der Waals surface area (Å²) in [5.41, 5.74) is 0.774. The number of benzene rings is 1. The zero-order chi connectivity index (χ0) is 15.9.